The molecule has 0 N–H and O–H groups in total. The molecule has 60 heavy (non-hydrogen) atoms. The van der Waals surface area contributed by atoms with Crippen molar-refractivity contribution in [2.75, 3.05) is 20.3 Å². The maximum absolute atomic E-state index is 13.9. The Hall–Kier alpha value is -4.89. The van der Waals surface area contributed by atoms with Crippen molar-refractivity contribution in [1.82, 2.24) is 0 Å². The number of rotatable bonds is 13. The van der Waals surface area contributed by atoms with Crippen molar-refractivity contribution in [1.29, 1.82) is 0 Å². The minimum absolute atomic E-state index is 0.0701. The average molecular weight is 836 g/mol. The predicted octanol–water partition coefficient (Wildman–Crippen LogP) is 7.05. The molecule has 4 unspecified atom stereocenters. The molecule has 1 aliphatic carbocycles. The molecule has 14 heteroatoms. The zero-order valence-electron chi connectivity index (χ0n) is 34.6. The first-order valence-corrected chi connectivity index (χ1v) is 22.4. The Kier molecular flexibility index (Phi) is 13.8. The van der Waals surface area contributed by atoms with Gasteiger partial charge >= 0.3 is 11.9 Å². The minimum atomic E-state index is -3.22. The highest BCUT2D eigenvalue weighted by Gasteiger charge is 2.57. The Morgan fingerprint density at radius 2 is 1.42 bits per heavy atom. The SMILES string of the molecule is COC(=O)CO[C@@H]1C(N=[N+]=[N-])C(O[C@@H]2[C@@H](O[Si](c3ccccc3)(c3ccccc3)C(C)(C)C)[C@H](C)CC[C@H]2OC(=O)c2ccccc2)OC2COC(c3ccccc3)O[C@@H]21. The van der Waals surface area contributed by atoms with Crippen LogP contribution < -0.4 is 10.4 Å². The van der Waals surface area contributed by atoms with Gasteiger partial charge in [-0.1, -0.05) is 142 Å². The Balaban J connectivity index is 1.30. The maximum Gasteiger partial charge on any atom is 0.338 e. The first kappa shape index (κ1) is 43.2. The van der Waals surface area contributed by atoms with Crippen LogP contribution in [0.4, 0.5) is 0 Å². The molecule has 0 radical (unpaired) electrons. The van der Waals surface area contributed by atoms with E-state index in [1.165, 1.54) is 7.11 Å². The van der Waals surface area contributed by atoms with Gasteiger partial charge in [-0.2, -0.15) is 0 Å². The number of hydrogen-bond acceptors (Lipinski definition) is 11. The predicted molar refractivity (Wildman–Crippen MR) is 225 cm³/mol. The van der Waals surface area contributed by atoms with Crippen LogP contribution in [-0.2, 0) is 42.4 Å². The molecule has 13 nitrogen and oxygen atoms in total. The van der Waals surface area contributed by atoms with E-state index in [0.29, 0.717) is 18.4 Å². The van der Waals surface area contributed by atoms with Gasteiger partial charge in [0, 0.05) is 10.5 Å². The van der Waals surface area contributed by atoms with E-state index in [1.807, 2.05) is 72.8 Å². The standard InChI is InChI=1S/C46H53N3O10Si/c1-30-26-27-35(55-43(51)31-18-10-6-11-19-31)40(39(30)59-60(46(2,3)4,33-22-14-8-15-23-33)34-24-16-9-17-25-34)58-45-38(48-49-47)42(53-29-37(50)52-5)41-36(56-45)28-54-44(57-41)32-20-12-7-13-21-32/h6-25,30,35-36,38-42,44-45H,26-29H2,1-5H3/t30-,35-,36?,38?,39+,40+,41+,42-,44?,45?/m1/s1. The summed E-state index contributed by atoms with van der Waals surface area (Å²) >= 11 is 0. The fourth-order valence-corrected chi connectivity index (χ4v) is 13.4. The summed E-state index contributed by atoms with van der Waals surface area (Å²) in [5, 5.41) is 5.93. The summed E-state index contributed by atoms with van der Waals surface area (Å²) in [6.45, 7) is 8.34. The Bertz CT molecular complexity index is 2030. The second kappa shape index (κ2) is 19.2. The van der Waals surface area contributed by atoms with E-state index >= 15 is 0 Å². The molecule has 2 saturated heterocycles. The molecule has 7 rings (SSSR count). The number of esters is 2. The van der Waals surface area contributed by atoms with E-state index in [0.717, 1.165) is 15.9 Å². The summed E-state index contributed by atoms with van der Waals surface area (Å²) in [6.07, 6.45) is -5.97. The smallest absolute Gasteiger partial charge is 0.338 e. The number of nitrogens with zero attached hydrogens (tertiary/aromatic N) is 3. The van der Waals surface area contributed by atoms with Gasteiger partial charge in [0.25, 0.3) is 8.32 Å². The van der Waals surface area contributed by atoms with Gasteiger partial charge < -0.3 is 37.6 Å². The molecule has 3 aliphatic rings. The number of carbonyl (C=O) groups is 2. The zero-order valence-corrected chi connectivity index (χ0v) is 35.6. The number of hydrogen-bond donors (Lipinski definition) is 0. The van der Waals surface area contributed by atoms with E-state index in [2.05, 4.69) is 62.0 Å². The average Bonchev–Trinajstić information content (AvgIpc) is 3.27. The van der Waals surface area contributed by atoms with Gasteiger partial charge in [0.15, 0.2) is 12.6 Å². The molecular weight excluding hydrogens is 783 g/mol. The zero-order chi connectivity index (χ0) is 42.3. The first-order chi connectivity index (χ1) is 29.0. The van der Waals surface area contributed by atoms with Crippen LogP contribution >= 0.6 is 0 Å². The second-order valence-electron chi connectivity index (χ2n) is 16.5. The highest BCUT2D eigenvalue weighted by molar-refractivity contribution is 6.99. The summed E-state index contributed by atoms with van der Waals surface area (Å²) in [6, 6.07) is 37.6. The van der Waals surface area contributed by atoms with Crippen LogP contribution in [0.1, 0.15) is 62.7 Å². The van der Waals surface area contributed by atoms with E-state index in [-0.39, 0.29) is 12.5 Å². The third-order valence-corrected chi connectivity index (χ3v) is 16.7. The van der Waals surface area contributed by atoms with Crippen molar-refractivity contribution < 1.29 is 47.2 Å². The quantitative estimate of drug-likeness (QED) is 0.0450. The molecule has 0 aromatic heterocycles. The van der Waals surface area contributed by atoms with Crippen LogP contribution in [0.3, 0.4) is 0 Å². The van der Waals surface area contributed by atoms with Crippen molar-refractivity contribution in [3.63, 3.8) is 0 Å². The van der Waals surface area contributed by atoms with E-state index in [1.54, 1.807) is 24.3 Å². The lowest BCUT2D eigenvalue weighted by atomic mass is 9.83. The molecule has 2 aliphatic heterocycles. The van der Waals surface area contributed by atoms with Gasteiger partial charge in [0.1, 0.15) is 43.2 Å². The molecule has 0 spiro atoms. The Morgan fingerprint density at radius 3 is 2.00 bits per heavy atom. The molecule has 10 atom stereocenters. The Labute approximate surface area is 351 Å². The topological polar surface area (TPSA) is 157 Å². The van der Waals surface area contributed by atoms with E-state index in [9.17, 15) is 15.1 Å². The highest BCUT2D eigenvalue weighted by atomic mass is 28.4. The fraction of sp³-hybridized carbons (Fsp3) is 0.435. The Morgan fingerprint density at radius 1 is 0.817 bits per heavy atom. The highest BCUT2D eigenvalue weighted by Crippen LogP contribution is 2.44. The van der Waals surface area contributed by atoms with Gasteiger partial charge in [-0.3, -0.25) is 0 Å². The van der Waals surface area contributed by atoms with E-state index in [4.69, 9.17) is 37.6 Å². The van der Waals surface area contributed by atoms with Crippen LogP contribution in [-0.4, -0.2) is 89.5 Å². The number of fused-ring (bicyclic) bond motifs is 1. The largest absolute Gasteiger partial charge is 0.467 e. The third-order valence-electron chi connectivity index (χ3n) is 11.6. The lowest BCUT2D eigenvalue weighted by molar-refractivity contribution is -0.356. The normalized spacial score (nSPS) is 28.1. The molecule has 4 aromatic carbocycles. The second-order valence-corrected chi connectivity index (χ2v) is 20.7. The van der Waals surface area contributed by atoms with Crippen LogP contribution in [0.25, 0.3) is 10.4 Å². The molecule has 316 valence electrons. The molecule has 0 bridgehead atoms. The van der Waals surface area contributed by atoms with Crippen molar-refractivity contribution in [2.45, 2.75) is 101 Å². The van der Waals surface area contributed by atoms with Crippen molar-refractivity contribution >= 4 is 30.6 Å². The van der Waals surface area contributed by atoms with Crippen LogP contribution in [0.2, 0.25) is 5.04 Å². The summed E-state index contributed by atoms with van der Waals surface area (Å²) in [7, 11) is -1.96. The van der Waals surface area contributed by atoms with Crippen LogP contribution in [0.15, 0.2) is 126 Å². The summed E-state index contributed by atoms with van der Waals surface area (Å²) in [5.74, 6) is -1.23. The van der Waals surface area contributed by atoms with Crippen molar-refractivity contribution in [3.05, 3.63) is 143 Å². The summed E-state index contributed by atoms with van der Waals surface area (Å²) in [5.41, 5.74) is 11.2. The molecule has 0 amide bonds. The van der Waals surface area contributed by atoms with Crippen LogP contribution in [0, 0.1) is 5.92 Å². The summed E-state index contributed by atoms with van der Waals surface area (Å²) < 4.78 is 51.8. The number of methoxy groups -OCH3 is 1. The first-order valence-electron chi connectivity index (χ1n) is 20.4. The number of ether oxygens (including phenoxy) is 7. The minimum Gasteiger partial charge on any atom is -0.467 e. The monoisotopic (exact) mass is 835 g/mol. The van der Waals surface area contributed by atoms with Gasteiger partial charge in [0.05, 0.1) is 25.4 Å². The lowest BCUT2D eigenvalue weighted by Crippen LogP contribution is -2.70. The van der Waals surface area contributed by atoms with Crippen LogP contribution in [0.5, 0.6) is 0 Å². The van der Waals surface area contributed by atoms with Crippen molar-refractivity contribution in [2.24, 2.45) is 11.0 Å². The number of benzene rings is 4. The number of carbonyl (C=O) groups excluding carboxylic acids is 2. The molecular formula is C46H53N3O10Si. The summed E-state index contributed by atoms with van der Waals surface area (Å²) in [4.78, 5) is 29.6. The molecule has 4 aromatic rings. The fourth-order valence-electron chi connectivity index (χ4n) is 8.64. The molecule has 1 saturated carbocycles. The van der Waals surface area contributed by atoms with Gasteiger partial charge in [-0.25, -0.2) is 9.59 Å². The maximum atomic E-state index is 13.9. The third kappa shape index (κ3) is 9.21. The number of azide groups is 1. The van der Waals surface area contributed by atoms with E-state index < -0.39 is 87.1 Å². The van der Waals surface area contributed by atoms with Gasteiger partial charge in [0.2, 0.25) is 0 Å². The van der Waals surface area contributed by atoms with Gasteiger partial charge in [-0.15, -0.1) is 0 Å². The molecule has 2 heterocycles. The van der Waals surface area contributed by atoms with Gasteiger partial charge in [-0.05, 0) is 51.8 Å². The lowest BCUT2D eigenvalue weighted by Gasteiger charge is -2.52. The van der Waals surface area contributed by atoms with Crippen molar-refractivity contribution in [3.8, 4) is 0 Å². The molecule has 3 fully saturated rings.